The van der Waals surface area contributed by atoms with Crippen molar-refractivity contribution in [2.45, 2.75) is 25.7 Å². The Morgan fingerprint density at radius 2 is 2.25 bits per heavy atom. The molecule has 0 amide bonds. The minimum Gasteiger partial charge on any atom is -0.465 e. The molecule has 0 aromatic heterocycles. The van der Waals surface area contributed by atoms with Crippen LogP contribution in [0.25, 0.3) is 0 Å². The highest BCUT2D eigenvalue weighted by Crippen LogP contribution is 2.48. The van der Waals surface area contributed by atoms with Gasteiger partial charge in [-0.2, -0.15) is 0 Å². The van der Waals surface area contributed by atoms with E-state index in [1.165, 1.54) is 32.8 Å². The number of anilines is 2. The monoisotopic (exact) mass is 274 g/mol. The second-order valence-electron chi connectivity index (χ2n) is 6.11. The van der Waals surface area contributed by atoms with Gasteiger partial charge in [0, 0.05) is 17.9 Å². The van der Waals surface area contributed by atoms with Crippen molar-refractivity contribution in [3.05, 3.63) is 23.8 Å². The molecule has 108 valence electrons. The fourth-order valence-electron chi connectivity index (χ4n) is 3.83. The van der Waals surface area contributed by atoms with E-state index in [0.29, 0.717) is 11.3 Å². The normalized spacial score (nSPS) is 27.6. The molecule has 3 N–H and O–H groups in total. The van der Waals surface area contributed by atoms with E-state index in [1.54, 1.807) is 12.1 Å². The summed E-state index contributed by atoms with van der Waals surface area (Å²) in [7, 11) is 1.37. The van der Waals surface area contributed by atoms with Gasteiger partial charge in [-0.15, -0.1) is 0 Å². The summed E-state index contributed by atoms with van der Waals surface area (Å²) in [6, 6.07) is 5.47. The Labute approximate surface area is 119 Å². The van der Waals surface area contributed by atoms with Crippen molar-refractivity contribution >= 4 is 17.3 Å². The van der Waals surface area contributed by atoms with Crippen LogP contribution in [0.3, 0.4) is 0 Å². The maximum Gasteiger partial charge on any atom is 0.340 e. The Balaban J connectivity index is 1.64. The van der Waals surface area contributed by atoms with Crippen molar-refractivity contribution in [3.63, 3.8) is 0 Å². The van der Waals surface area contributed by atoms with Crippen molar-refractivity contribution in [1.29, 1.82) is 0 Å². The number of benzene rings is 1. The molecular formula is C16H22N2O2. The lowest BCUT2D eigenvalue weighted by Crippen LogP contribution is -2.20. The van der Waals surface area contributed by atoms with Crippen LogP contribution in [-0.2, 0) is 4.74 Å². The Bertz CT molecular complexity index is 515. The number of fused-ring (bicyclic) bond motifs is 2. The molecule has 3 atom stereocenters. The van der Waals surface area contributed by atoms with Crippen molar-refractivity contribution in [1.82, 2.24) is 0 Å². The van der Waals surface area contributed by atoms with Crippen molar-refractivity contribution in [2.75, 3.05) is 24.7 Å². The van der Waals surface area contributed by atoms with Gasteiger partial charge >= 0.3 is 5.97 Å². The molecule has 2 aliphatic carbocycles. The lowest BCUT2D eigenvalue weighted by Gasteiger charge is -2.22. The van der Waals surface area contributed by atoms with Gasteiger partial charge in [-0.25, -0.2) is 4.79 Å². The summed E-state index contributed by atoms with van der Waals surface area (Å²) in [6.07, 6.45) is 5.60. The van der Waals surface area contributed by atoms with E-state index in [-0.39, 0.29) is 5.97 Å². The van der Waals surface area contributed by atoms with Gasteiger partial charge in [0.1, 0.15) is 0 Å². The van der Waals surface area contributed by atoms with Gasteiger partial charge in [-0.3, -0.25) is 0 Å². The quantitative estimate of drug-likeness (QED) is 0.654. The molecule has 0 saturated heterocycles. The number of esters is 1. The Kier molecular flexibility index (Phi) is 3.55. The van der Waals surface area contributed by atoms with Gasteiger partial charge in [0.15, 0.2) is 0 Å². The minimum absolute atomic E-state index is 0.383. The Hall–Kier alpha value is -1.71. The summed E-state index contributed by atoms with van der Waals surface area (Å²) < 4.78 is 4.74. The van der Waals surface area contributed by atoms with Gasteiger partial charge < -0.3 is 15.8 Å². The molecule has 0 aliphatic heterocycles. The summed E-state index contributed by atoms with van der Waals surface area (Å²) in [5, 5.41) is 3.45. The van der Waals surface area contributed by atoms with Crippen molar-refractivity contribution in [2.24, 2.45) is 17.8 Å². The number of nitrogen functional groups attached to an aromatic ring is 1. The van der Waals surface area contributed by atoms with E-state index in [2.05, 4.69) is 5.32 Å². The highest BCUT2D eigenvalue weighted by molar-refractivity contribution is 5.96. The third-order valence-electron chi connectivity index (χ3n) is 4.91. The Morgan fingerprint density at radius 1 is 1.40 bits per heavy atom. The summed E-state index contributed by atoms with van der Waals surface area (Å²) in [4.78, 5) is 11.6. The molecule has 2 saturated carbocycles. The van der Waals surface area contributed by atoms with Crippen LogP contribution in [0.15, 0.2) is 18.2 Å². The van der Waals surface area contributed by atoms with Gasteiger partial charge in [0.25, 0.3) is 0 Å². The number of ether oxygens (including phenoxy) is 1. The highest BCUT2D eigenvalue weighted by Gasteiger charge is 2.38. The third kappa shape index (κ3) is 2.47. The predicted molar refractivity (Wildman–Crippen MR) is 79.6 cm³/mol. The average molecular weight is 274 g/mol. The Morgan fingerprint density at radius 3 is 2.90 bits per heavy atom. The topological polar surface area (TPSA) is 64.3 Å². The van der Waals surface area contributed by atoms with Gasteiger partial charge in [-0.05, 0) is 55.2 Å². The fraction of sp³-hybridized carbons (Fsp3) is 0.562. The van der Waals surface area contributed by atoms with Crippen molar-refractivity contribution in [3.8, 4) is 0 Å². The molecule has 2 aliphatic rings. The maximum absolute atomic E-state index is 11.6. The zero-order chi connectivity index (χ0) is 14.1. The van der Waals surface area contributed by atoms with Gasteiger partial charge in [0.05, 0.1) is 12.7 Å². The molecule has 1 aromatic rings. The standard InChI is InChI=1S/C16H22N2O2/c1-20-16(19)14-8-13(4-5-15(14)17)18-9-12-7-10-2-3-11(12)6-10/h4-5,8,10-12,18H,2-3,6-7,9,17H2,1H3. The molecule has 4 nitrogen and oxygen atoms in total. The molecule has 4 heteroatoms. The van der Waals surface area contributed by atoms with Crippen molar-refractivity contribution < 1.29 is 9.53 Å². The smallest absolute Gasteiger partial charge is 0.340 e. The maximum atomic E-state index is 11.6. The number of rotatable bonds is 4. The van der Waals surface area contributed by atoms with E-state index in [4.69, 9.17) is 10.5 Å². The van der Waals surface area contributed by atoms with E-state index < -0.39 is 0 Å². The predicted octanol–water partition coefficient (Wildman–Crippen LogP) is 2.90. The molecule has 0 heterocycles. The van der Waals surface area contributed by atoms with Gasteiger partial charge in [-0.1, -0.05) is 6.42 Å². The summed E-state index contributed by atoms with van der Waals surface area (Å²) in [5.74, 6) is 2.27. The van der Waals surface area contributed by atoms with E-state index >= 15 is 0 Å². The van der Waals surface area contributed by atoms with Crippen LogP contribution in [0.2, 0.25) is 0 Å². The van der Waals surface area contributed by atoms with Crippen LogP contribution in [0.5, 0.6) is 0 Å². The first kappa shape index (κ1) is 13.3. The molecule has 2 bridgehead atoms. The van der Waals surface area contributed by atoms with E-state index in [9.17, 15) is 4.79 Å². The first-order chi connectivity index (χ1) is 9.67. The van der Waals surface area contributed by atoms with Gasteiger partial charge in [0.2, 0.25) is 0 Å². The number of carbonyl (C=O) groups is 1. The zero-order valence-electron chi connectivity index (χ0n) is 11.9. The molecule has 1 aromatic carbocycles. The zero-order valence-corrected chi connectivity index (χ0v) is 11.9. The van der Waals surface area contributed by atoms with Crippen LogP contribution < -0.4 is 11.1 Å². The summed E-state index contributed by atoms with van der Waals surface area (Å²) in [6.45, 7) is 0.992. The minimum atomic E-state index is -0.383. The molecule has 3 unspecified atom stereocenters. The molecule has 2 fully saturated rings. The molecule has 0 spiro atoms. The molecule has 3 rings (SSSR count). The number of carbonyl (C=O) groups excluding carboxylic acids is 1. The largest absolute Gasteiger partial charge is 0.465 e. The highest BCUT2D eigenvalue weighted by atomic mass is 16.5. The third-order valence-corrected chi connectivity index (χ3v) is 4.91. The lowest BCUT2D eigenvalue weighted by molar-refractivity contribution is 0.0602. The number of nitrogens with one attached hydrogen (secondary N) is 1. The number of hydrogen-bond acceptors (Lipinski definition) is 4. The summed E-state index contributed by atoms with van der Waals surface area (Å²) >= 11 is 0. The van der Waals surface area contributed by atoms with Crippen LogP contribution in [0.4, 0.5) is 11.4 Å². The molecular weight excluding hydrogens is 252 g/mol. The van der Waals surface area contributed by atoms with E-state index in [0.717, 1.165) is 30.0 Å². The fourth-order valence-corrected chi connectivity index (χ4v) is 3.83. The lowest BCUT2D eigenvalue weighted by atomic mass is 9.89. The number of methoxy groups -OCH3 is 1. The number of hydrogen-bond donors (Lipinski definition) is 2. The van der Waals surface area contributed by atoms with Crippen LogP contribution in [0, 0.1) is 17.8 Å². The van der Waals surface area contributed by atoms with Crippen LogP contribution in [-0.4, -0.2) is 19.6 Å². The van der Waals surface area contributed by atoms with Crippen LogP contribution in [0.1, 0.15) is 36.0 Å². The number of nitrogens with two attached hydrogens (primary N) is 1. The van der Waals surface area contributed by atoms with E-state index in [1.807, 2.05) is 6.07 Å². The summed E-state index contributed by atoms with van der Waals surface area (Å²) in [5.41, 5.74) is 7.65. The molecule has 20 heavy (non-hydrogen) atoms. The average Bonchev–Trinajstić information content (AvgIpc) is 3.08. The second kappa shape index (κ2) is 5.35. The first-order valence-corrected chi connectivity index (χ1v) is 7.39. The molecule has 0 radical (unpaired) electrons. The first-order valence-electron chi connectivity index (χ1n) is 7.39. The van der Waals surface area contributed by atoms with Crippen LogP contribution >= 0.6 is 0 Å². The second-order valence-corrected chi connectivity index (χ2v) is 6.11. The SMILES string of the molecule is COC(=O)c1cc(NCC2CC3CCC2C3)ccc1N.